The molecule has 2 unspecified atom stereocenters. The normalized spacial score (nSPS) is 23.8. The molecule has 1 saturated carbocycles. The van der Waals surface area contributed by atoms with Gasteiger partial charge in [-0.25, -0.2) is 13.1 Å². The van der Waals surface area contributed by atoms with Crippen LogP contribution in [-0.2, 0) is 10.0 Å². The number of halogens is 2. The first-order valence-corrected chi connectivity index (χ1v) is 9.58. The lowest BCUT2D eigenvalue weighted by Gasteiger charge is -2.25. The highest BCUT2D eigenvalue weighted by molar-refractivity contribution is 9.11. The van der Waals surface area contributed by atoms with E-state index in [-0.39, 0.29) is 16.9 Å². The molecule has 1 fully saturated rings. The van der Waals surface area contributed by atoms with Gasteiger partial charge in [-0.05, 0) is 59.3 Å². The summed E-state index contributed by atoms with van der Waals surface area (Å²) < 4.78 is 28.5. The molecule has 2 N–H and O–H groups in total. The summed E-state index contributed by atoms with van der Waals surface area (Å²) in [6.07, 6.45) is 3.11. The van der Waals surface area contributed by atoms with E-state index >= 15 is 0 Å². The first-order valence-electron chi connectivity index (χ1n) is 6.51. The average Bonchev–Trinajstić information content (AvgIpc) is 2.36. The summed E-state index contributed by atoms with van der Waals surface area (Å²) in [5, 5.41) is 9.61. The lowest BCUT2D eigenvalue weighted by atomic mass is 9.87. The number of benzene rings is 1. The van der Waals surface area contributed by atoms with Crippen molar-refractivity contribution >= 4 is 41.9 Å². The highest BCUT2D eigenvalue weighted by Crippen LogP contribution is 2.27. The van der Waals surface area contributed by atoms with E-state index in [2.05, 4.69) is 36.6 Å². The first-order chi connectivity index (χ1) is 9.38. The van der Waals surface area contributed by atoms with Crippen molar-refractivity contribution in [1.29, 1.82) is 0 Å². The van der Waals surface area contributed by atoms with E-state index in [1.165, 1.54) is 0 Å². The molecule has 20 heavy (non-hydrogen) atoms. The van der Waals surface area contributed by atoms with Crippen molar-refractivity contribution in [3.8, 4) is 0 Å². The monoisotopic (exact) mass is 425 g/mol. The Morgan fingerprint density at radius 1 is 1.30 bits per heavy atom. The predicted octanol–water partition coefficient (Wildman–Crippen LogP) is 3.04. The van der Waals surface area contributed by atoms with Gasteiger partial charge >= 0.3 is 0 Å². The molecule has 0 aliphatic heterocycles. The van der Waals surface area contributed by atoms with Crippen LogP contribution < -0.4 is 4.72 Å². The van der Waals surface area contributed by atoms with Crippen LogP contribution in [0.3, 0.4) is 0 Å². The van der Waals surface area contributed by atoms with Gasteiger partial charge in [0.2, 0.25) is 10.0 Å². The van der Waals surface area contributed by atoms with Crippen LogP contribution >= 0.6 is 31.9 Å². The molecule has 2 atom stereocenters. The fourth-order valence-electron chi connectivity index (χ4n) is 2.45. The van der Waals surface area contributed by atoms with Crippen LogP contribution in [0.25, 0.3) is 0 Å². The third-order valence-corrected chi connectivity index (χ3v) is 6.39. The van der Waals surface area contributed by atoms with Gasteiger partial charge in [-0.2, -0.15) is 0 Å². The molecule has 2 rings (SSSR count). The Labute approximate surface area is 136 Å². The SMILES string of the molecule is O=S(=O)(NCC1CCCC(O)C1)c1ccc(Br)cc1Br. The van der Waals surface area contributed by atoms with Crippen molar-refractivity contribution in [2.24, 2.45) is 5.92 Å². The van der Waals surface area contributed by atoms with Gasteiger partial charge in [-0.3, -0.25) is 0 Å². The van der Waals surface area contributed by atoms with Gasteiger partial charge in [-0.15, -0.1) is 0 Å². The van der Waals surface area contributed by atoms with Crippen molar-refractivity contribution in [3.63, 3.8) is 0 Å². The van der Waals surface area contributed by atoms with E-state index in [4.69, 9.17) is 0 Å². The van der Waals surface area contributed by atoms with E-state index in [1.54, 1.807) is 18.2 Å². The zero-order valence-electron chi connectivity index (χ0n) is 10.9. The summed E-state index contributed by atoms with van der Waals surface area (Å²) in [6.45, 7) is 0.377. The fourth-order valence-corrected chi connectivity index (χ4v) is 5.31. The summed E-state index contributed by atoms with van der Waals surface area (Å²) in [7, 11) is -3.52. The van der Waals surface area contributed by atoms with E-state index in [0.717, 1.165) is 23.7 Å². The number of hydrogen-bond acceptors (Lipinski definition) is 3. The van der Waals surface area contributed by atoms with Gasteiger partial charge in [0.1, 0.15) is 0 Å². The second-order valence-corrected chi connectivity index (χ2v) is 8.62. The van der Waals surface area contributed by atoms with Crippen LogP contribution in [0.5, 0.6) is 0 Å². The Morgan fingerprint density at radius 2 is 2.05 bits per heavy atom. The minimum absolute atomic E-state index is 0.211. The van der Waals surface area contributed by atoms with Gasteiger partial charge in [0, 0.05) is 15.5 Å². The third kappa shape index (κ3) is 4.27. The summed E-state index contributed by atoms with van der Waals surface area (Å²) in [5.74, 6) is 0.211. The Balaban J connectivity index is 2.03. The minimum Gasteiger partial charge on any atom is -0.393 e. The summed E-state index contributed by atoms with van der Waals surface area (Å²) >= 11 is 6.57. The molecule has 1 aromatic rings. The van der Waals surface area contributed by atoms with Gasteiger partial charge in [0.25, 0.3) is 0 Å². The van der Waals surface area contributed by atoms with Crippen LogP contribution in [0.15, 0.2) is 32.0 Å². The molecule has 1 aromatic carbocycles. The molecular weight excluding hydrogens is 410 g/mol. The predicted molar refractivity (Wildman–Crippen MR) is 85.0 cm³/mol. The Hall–Kier alpha value is 0.0500. The van der Waals surface area contributed by atoms with Crippen molar-refractivity contribution in [2.75, 3.05) is 6.54 Å². The highest BCUT2D eigenvalue weighted by atomic mass is 79.9. The molecule has 0 heterocycles. The fraction of sp³-hybridized carbons (Fsp3) is 0.538. The molecule has 0 radical (unpaired) electrons. The minimum atomic E-state index is -3.52. The molecule has 0 amide bonds. The first kappa shape index (κ1) is 16.4. The summed E-state index contributed by atoms with van der Waals surface area (Å²) in [5.41, 5.74) is 0. The molecule has 0 spiro atoms. The maximum Gasteiger partial charge on any atom is 0.241 e. The zero-order valence-corrected chi connectivity index (χ0v) is 14.8. The largest absolute Gasteiger partial charge is 0.393 e. The summed E-state index contributed by atoms with van der Waals surface area (Å²) in [4.78, 5) is 0.233. The second kappa shape index (κ2) is 6.87. The molecule has 0 aromatic heterocycles. The van der Waals surface area contributed by atoms with E-state index in [1.807, 2.05) is 0 Å². The highest BCUT2D eigenvalue weighted by Gasteiger charge is 2.23. The second-order valence-electron chi connectivity index (χ2n) is 5.11. The maximum absolute atomic E-state index is 12.3. The van der Waals surface area contributed by atoms with Crippen LogP contribution in [0.1, 0.15) is 25.7 Å². The van der Waals surface area contributed by atoms with E-state index in [9.17, 15) is 13.5 Å². The number of aliphatic hydroxyl groups excluding tert-OH is 1. The standard InChI is InChI=1S/C13H17Br2NO3S/c14-10-4-5-13(12(15)7-10)20(18,19)16-8-9-2-1-3-11(17)6-9/h4-5,7,9,11,16-17H,1-3,6,8H2. The van der Waals surface area contributed by atoms with Gasteiger partial charge in [-0.1, -0.05) is 22.4 Å². The Bertz CT molecular complexity index is 577. The van der Waals surface area contributed by atoms with Crippen molar-refractivity contribution in [1.82, 2.24) is 4.72 Å². The number of nitrogens with one attached hydrogen (secondary N) is 1. The Morgan fingerprint density at radius 3 is 2.70 bits per heavy atom. The topological polar surface area (TPSA) is 66.4 Å². The maximum atomic E-state index is 12.3. The molecule has 4 nitrogen and oxygen atoms in total. The van der Waals surface area contributed by atoms with Crippen molar-refractivity contribution in [2.45, 2.75) is 36.7 Å². The van der Waals surface area contributed by atoms with Crippen LogP contribution in [0.4, 0.5) is 0 Å². The van der Waals surface area contributed by atoms with Crippen LogP contribution in [0, 0.1) is 5.92 Å². The lowest BCUT2D eigenvalue weighted by Crippen LogP contribution is -2.33. The quantitative estimate of drug-likeness (QED) is 0.777. The summed E-state index contributed by atoms with van der Waals surface area (Å²) in [6, 6.07) is 4.97. The number of sulfonamides is 1. The number of rotatable bonds is 4. The number of aliphatic hydroxyl groups is 1. The number of hydrogen-bond donors (Lipinski definition) is 2. The third-order valence-electron chi connectivity index (χ3n) is 3.50. The van der Waals surface area contributed by atoms with Crippen molar-refractivity contribution in [3.05, 3.63) is 27.1 Å². The zero-order chi connectivity index (χ0) is 14.8. The molecule has 7 heteroatoms. The average molecular weight is 427 g/mol. The van der Waals surface area contributed by atoms with Gasteiger partial charge in [0.15, 0.2) is 0 Å². The van der Waals surface area contributed by atoms with E-state index in [0.29, 0.717) is 17.4 Å². The van der Waals surface area contributed by atoms with E-state index < -0.39 is 10.0 Å². The Kier molecular flexibility index (Phi) is 5.64. The molecule has 0 bridgehead atoms. The van der Waals surface area contributed by atoms with Gasteiger partial charge < -0.3 is 5.11 Å². The molecular formula is C13H17Br2NO3S. The van der Waals surface area contributed by atoms with Crippen LogP contribution in [-0.4, -0.2) is 26.2 Å². The molecule has 112 valence electrons. The van der Waals surface area contributed by atoms with Gasteiger partial charge in [0.05, 0.1) is 11.0 Å². The molecule has 0 saturated heterocycles. The smallest absolute Gasteiger partial charge is 0.241 e. The lowest BCUT2D eigenvalue weighted by molar-refractivity contribution is 0.102. The van der Waals surface area contributed by atoms with Crippen LogP contribution in [0.2, 0.25) is 0 Å². The molecule has 1 aliphatic carbocycles. The molecule has 1 aliphatic rings. The van der Waals surface area contributed by atoms with Crippen molar-refractivity contribution < 1.29 is 13.5 Å².